The highest BCUT2D eigenvalue weighted by atomic mass is 19.4. The fourth-order valence-corrected chi connectivity index (χ4v) is 3.99. The zero-order chi connectivity index (χ0) is 29.0. The van der Waals surface area contributed by atoms with Crippen LogP contribution in [0.25, 0.3) is 22.2 Å². The fourth-order valence-electron chi connectivity index (χ4n) is 3.99. The van der Waals surface area contributed by atoms with Crippen molar-refractivity contribution in [2.45, 2.75) is 6.36 Å². The molecule has 2 N–H and O–H groups in total. The van der Waals surface area contributed by atoms with Crippen LogP contribution in [0.15, 0.2) is 61.6 Å². The molecule has 13 heteroatoms. The Balaban J connectivity index is 1.74. The van der Waals surface area contributed by atoms with E-state index in [0.29, 0.717) is 24.5 Å². The number of fused-ring (bicyclic) bond motifs is 1. The summed E-state index contributed by atoms with van der Waals surface area (Å²) in [4.78, 5) is 24.3. The van der Waals surface area contributed by atoms with Crippen molar-refractivity contribution in [2.24, 2.45) is 7.05 Å². The average Bonchev–Trinajstić information content (AvgIpc) is 3.27. The minimum Gasteiger partial charge on any atom is -0.403 e. The summed E-state index contributed by atoms with van der Waals surface area (Å²) in [5.41, 5.74) is 2.79. The van der Waals surface area contributed by atoms with Gasteiger partial charge in [-0.3, -0.25) is 9.48 Å². The summed E-state index contributed by atoms with van der Waals surface area (Å²) < 4.78 is 46.5. The molecule has 0 unspecified atom stereocenters. The number of ether oxygens (including phenoxy) is 1. The van der Waals surface area contributed by atoms with Gasteiger partial charge in [0.15, 0.2) is 5.75 Å². The monoisotopic (exact) mass is 554 g/mol. The van der Waals surface area contributed by atoms with E-state index in [0.717, 1.165) is 22.5 Å². The predicted octanol–water partition coefficient (Wildman–Crippen LogP) is 4.79. The number of aromatic nitrogens is 4. The number of carbonyl (C=O) groups excluding carboxylic acids is 1. The van der Waals surface area contributed by atoms with Crippen LogP contribution in [0.4, 0.5) is 36.1 Å². The molecule has 0 bridgehead atoms. The van der Waals surface area contributed by atoms with E-state index in [9.17, 15) is 18.0 Å². The van der Waals surface area contributed by atoms with Crippen LogP contribution in [0.1, 0.15) is 0 Å². The molecule has 2 aromatic heterocycles. The van der Waals surface area contributed by atoms with Crippen molar-refractivity contribution in [2.75, 3.05) is 49.8 Å². The molecule has 0 aliphatic carbocycles. The van der Waals surface area contributed by atoms with E-state index in [2.05, 4.69) is 37.0 Å². The molecule has 2 aromatic carbocycles. The Morgan fingerprint density at radius 2 is 1.88 bits per heavy atom. The van der Waals surface area contributed by atoms with E-state index >= 15 is 0 Å². The first-order valence-corrected chi connectivity index (χ1v) is 12.2. The molecule has 1 amide bonds. The molecule has 210 valence electrons. The van der Waals surface area contributed by atoms with Crippen molar-refractivity contribution in [3.63, 3.8) is 0 Å². The fraction of sp³-hybridized carbons (Fsp3) is 0.259. The lowest BCUT2D eigenvalue weighted by molar-refractivity contribution is -0.274. The zero-order valence-electron chi connectivity index (χ0n) is 22.5. The first-order valence-electron chi connectivity index (χ1n) is 12.2. The summed E-state index contributed by atoms with van der Waals surface area (Å²) in [6.45, 7) is 4.55. The number of benzene rings is 2. The second-order valence-corrected chi connectivity index (χ2v) is 9.29. The van der Waals surface area contributed by atoms with Crippen molar-refractivity contribution in [3.05, 3.63) is 61.6 Å². The van der Waals surface area contributed by atoms with Gasteiger partial charge in [0.25, 0.3) is 0 Å². The van der Waals surface area contributed by atoms with Crippen LogP contribution >= 0.6 is 0 Å². The number of likely N-dealkylation sites (N-methyl/N-ethyl adjacent to an activating group) is 2. The minimum absolute atomic E-state index is 0.0613. The molecule has 0 aliphatic heterocycles. The van der Waals surface area contributed by atoms with Gasteiger partial charge in [-0.2, -0.15) is 5.10 Å². The van der Waals surface area contributed by atoms with E-state index in [1.807, 2.05) is 44.2 Å². The lowest BCUT2D eigenvalue weighted by atomic mass is 10.1. The van der Waals surface area contributed by atoms with Crippen molar-refractivity contribution < 1.29 is 22.7 Å². The minimum atomic E-state index is -4.96. The van der Waals surface area contributed by atoms with E-state index in [1.54, 1.807) is 28.9 Å². The van der Waals surface area contributed by atoms with Crippen LogP contribution in [0, 0.1) is 0 Å². The molecule has 2 heterocycles. The topological polar surface area (TPSA) is 100 Å². The van der Waals surface area contributed by atoms with E-state index in [4.69, 9.17) is 0 Å². The molecule has 4 aromatic rings. The van der Waals surface area contributed by atoms with Crippen molar-refractivity contribution >= 4 is 39.7 Å². The molecule has 4 rings (SSSR count). The highest BCUT2D eigenvalue weighted by Gasteiger charge is 2.33. The standard InChI is InChI=1S/C27H29F3N8O2/c1-6-26(39)35-20-12-21(24(40-27(28,29)30)14-23(20)37(4)10-9-36(2)3)34-25-13-19(31-16-32-25)17-7-8-22-18(11-17)15-33-38(22)5/h6-8,11-16H,1,9-10H2,2-5H3,(H,35,39)(H,31,32,34). The summed E-state index contributed by atoms with van der Waals surface area (Å²) in [7, 11) is 7.31. The number of nitrogens with zero attached hydrogens (tertiary/aromatic N) is 6. The van der Waals surface area contributed by atoms with Crippen molar-refractivity contribution in [1.82, 2.24) is 24.6 Å². The number of carbonyl (C=O) groups is 1. The van der Waals surface area contributed by atoms with Gasteiger partial charge < -0.3 is 25.2 Å². The van der Waals surface area contributed by atoms with Crippen molar-refractivity contribution in [1.29, 1.82) is 0 Å². The Labute approximate surface area is 229 Å². The SMILES string of the molecule is C=CC(=O)Nc1cc(Nc2cc(-c3ccc4c(cnn4C)c3)ncn2)c(OC(F)(F)F)cc1N(C)CCN(C)C. The maximum absolute atomic E-state index is 13.4. The van der Waals surface area contributed by atoms with Gasteiger partial charge in [-0.25, -0.2) is 9.97 Å². The summed E-state index contributed by atoms with van der Waals surface area (Å²) in [5.74, 6) is -0.793. The molecular weight excluding hydrogens is 525 g/mol. The maximum Gasteiger partial charge on any atom is 0.573 e. The average molecular weight is 555 g/mol. The first-order chi connectivity index (χ1) is 18.9. The highest BCUT2D eigenvalue weighted by molar-refractivity contribution is 6.02. The van der Waals surface area contributed by atoms with Gasteiger partial charge in [0.05, 0.1) is 34.5 Å². The molecule has 0 saturated heterocycles. The molecular formula is C27H29F3N8O2. The van der Waals surface area contributed by atoms with Gasteiger partial charge in [-0.1, -0.05) is 12.6 Å². The van der Waals surface area contributed by atoms with E-state index < -0.39 is 18.0 Å². The molecule has 0 atom stereocenters. The van der Waals surface area contributed by atoms with Crippen LogP contribution in [-0.4, -0.2) is 71.2 Å². The van der Waals surface area contributed by atoms with E-state index in [-0.39, 0.29) is 17.2 Å². The van der Waals surface area contributed by atoms with Gasteiger partial charge in [0, 0.05) is 50.3 Å². The Kier molecular flexibility index (Phi) is 8.24. The number of nitrogens with one attached hydrogen (secondary N) is 2. The Bertz CT molecular complexity index is 1530. The van der Waals surface area contributed by atoms with Gasteiger partial charge >= 0.3 is 6.36 Å². The summed E-state index contributed by atoms with van der Waals surface area (Å²) in [6.07, 6.45) is -0.848. The zero-order valence-corrected chi connectivity index (χ0v) is 22.5. The van der Waals surface area contributed by atoms with E-state index in [1.165, 1.54) is 18.5 Å². The molecule has 0 aliphatic rings. The number of halogens is 3. The van der Waals surface area contributed by atoms with Crippen LogP contribution in [0.2, 0.25) is 0 Å². The quantitative estimate of drug-likeness (QED) is 0.270. The van der Waals surface area contributed by atoms with Gasteiger partial charge in [-0.05, 0) is 38.4 Å². The molecule has 0 spiro atoms. The molecule has 0 saturated carbocycles. The van der Waals surface area contributed by atoms with Gasteiger partial charge in [0.2, 0.25) is 5.91 Å². The second kappa shape index (κ2) is 11.6. The number of hydrogen-bond acceptors (Lipinski definition) is 8. The lowest BCUT2D eigenvalue weighted by Gasteiger charge is -2.26. The second-order valence-electron chi connectivity index (χ2n) is 9.29. The summed E-state index contributed by atoms with van der Waals surface area (Å²) in [5, 5.41) is 10.7. The Morgan fingerprint density at radius 3 is 2.58 bits per heavy atom. The molecule has 10 nitrogen and oxygen atoms in total. The lowest BCUT2D eigenvalue weighted by Crippen LogP contribution is -2.29. The van der Waals surface area contributed by atoms with Gasteiger partial charge in [-0.15, -0.1) is 13.2 Å². The normalized spacial score (nSPS) is 11.5. The summed E-state index contributed by atoms with van der Waals surface area (Å²) >= 11 is 0. The number of aryl methyl sites for hydroxylation is 1. The number of anilines is 4. The number of amides is 1. The molecule has 40 heavy (non-hydrogen) atoms. The third kappa shape index (κ3) is 6.86. The highest BCUT2D eigenvalue weighted by Crippen LogP contribution is 2.40. The summed E-state index contributed by atoms with van der Waals surface area (Å²) in [6, 6.07) is 9.88. The van der Waals surface area contributed by atoms with Crippen LogP contribution < -0.4 is 20.3 Å². The molecule has 0 fully saturated rings. The number of hydrogen-bond donors (Lipinski definition) is 2. The van der Waals surface area contributed by atoms with Crippen LogP contribution in [-0.2, 0) is 11.8 Å². The first kappa shape index (κ1) is 28.4. The Hall–Kier alpha value is -4.65. The van der Waals surface area contributed by atoms with Crippen LogP contribution in [0.5, 0.6) is 5.75 Å². The number of rotatable bonds is 10. The number of alkyl halides is 3. The van der Waals surface area contributed by atoms with Crippen LogP contribution in [0.3, 0.4) is 0 Å². The Morgan fingerprint density at radius 1 is 1.10 bits per heavy atom. The third-order valence-electron chi connectivity index (χ3n) is 6.03. The maximum atomic E-state index is 13.4. The largest absolute Gasteiger partial charge is 0.573 e. The van der Waals surface area contributed by atoms with Crippen molar-refractivity contribution in [3.8, 4) is 17.0 Å². The third-order valence-corrected chi connectivity index (χ3v) is 6.03. The predicted molar refractivity (Wildman–Crippen MR) is 149 cm³/mol. The molecule has 0 radical (unpaired) electrons. The van der Waals surface area contributed by atoms with Gasteiger partial charge in [0.1, 0.15) is 12.1 Å². The smallest absolute Gasteiger partial charge is 0.403 e.